The minimum absolute atomic E-state index is 0.145. The van der Waals surface area contributed by atoms with Crippen LogP contribution in [0.15, 0.2) is 33.9 Å². The summed E-state index contributed by atoms with van der Waals surface area (Å²) in [4.78, 5) is 14.2. The van der Waals surface area contributed by atoms with Crippen LogP contribution in [0.5, 0.6) is 5.75 Å². The molecular weight excluding hydrogens is 338 g/mol. The molecule has 1 aromatic carbocycles. The molecule has 1 saturated heterocycles. The molecule has 1 aliphatic rings. The highest BCUT2D eigenvalue weighted by atomic mass is 32.2. The molecule has 0 radical (unpaired) electrons. The summed E-state index contributed by atoms with van der Waals surface area (Å²) in [5, 5.41) is 8.53. The number of methoxy groups -OCH3 is 1. The van der Waals surface area contributed by atoms with Crippen molar-refractivity contribution >= 4 is 17.7 Å². The minimum atomic E-state index is 0.145. The largest absolute Gasteiger partial charge is 0.497 e. The van der Waals surface area contributed by atoms with E-state index in [1.54, 1.807) is 7.11 Å². The van der Waals surface area contributed by atoms with Gasteiger partial charge >= 0.3 is 0 Å². The van der Waals surface area contributed by atoms with Gasteiger partial charge in [0.15, 0.2) is 0 Å². The first-order valence-electron chi connectivity index (χ1n) is 8.50. The van der Waals surface area contributed by atoms with Gasteiger partial charge in [-0.25, -0.2) is 0 Å². The van der Waals surface area contributed by atoms with Gasteiger partial charge in [0.25, 0.3) is 5.22 Å². The molecular formula is C18H23N3O3S. The summed E-state index contributed by atoms with van der Waals surface area (Å²) >= 11 is 1.31. The van der Waals surface area contributed by atoms with Crippen molar-refractivity contribution in [3.63, 3.8) is 0 Å². The fourth-order valence-electron chi connectivity index (χ4n) is 2.76. The molecule has 1 amide bonds. The molecule has 1 fully saturated rings. The zero-order chi connectivity index (χ0) is 17.6. The Labute approximate surface area is 151 Å². The first-order valence-corrected chi connectivity index (χ1v) is 9.48. The minimum Gasteiger partial charge on any atom is -0.497 e. The lowest BCUT2D eigenvalue weighted by Crippen LogP contribution is -2.38. The van der Waals surface area contributed by atoms with Crippen molar-refractivity contribution in [1.29, 1.82) is 0 Å². The number of nitrogens with zero attached hydrogens (tertiary/aromatic N) is 3. The molecule has 3 rings (SSSR count). The third kappa shape index (κ3) is 4.98. The predicted octanol–water partition coefficient (Wildman–Crippen LogP) is 3.02. The zero-order valence-electron chi connectivity index (χ0n) is 14.6. The van der Waals surface area contributed by atoms with Crippen molar-refractivity contribution in [1.82, 2.24) is 15.1 Å². The number of benzene rings is 1. The molecule has 25 heavy (non-hydrogen) atoms. The molecule has 0 aliphatic carbocycles. The van der Waals surface area contributed by atoms with Crippen molar-refractivity contribution in [3.05, 3.63) is 35.7 Å². The van der Waals surface area contributed by atoms with Crippen LogP contribution in [0.1, 0.15) is 31.2 Å². The van der Waals surface area contributed by atoms with Crippen LogP contribution in [0.4, 0.5) is 0 Å². The van der Waals surface area contributed by atoms with Crippen LogP contribution in [-0.4, -0.2) is 47.0 Å². The van der Waals surface area contributed by atoms with E-state index >= 15 is 0 Å². The van der Waals surface area contributed by atoms with Crippen LogP contribution in [-0.2, 0) is 11.2 Å². The number of hydrogen-bond acceptors (Lipinski definition) is 6. The van der Waals surface area contributed by atoms with Gasteiger partial charge in [0.05, 0.1) is 19.3 Å². The lowest BCUT2D eigenvalue weighted by atomic mass is 9.99. The van der Waals surface area contributed by atoms with Gasteiger partial charge in [-0.1, -0.05) is 30.8 Å². The lowest BCUT2D eigenvalue weighted by Gasteiger charge is -2.30. The molecule has 7 heteroatoms. The first kappa shape index (κ1) is 17.8. The summed E-state index contributed by atoms with van der Waals surface area (Å²) in [7, 11) is 1.64. The van der Waals surface area contributed by atoms with Crippen molar-refractivity contribution in [3.8, 4) is 5.75 Å². The van der Waals surface area contributed by atoms with E-state index in [0.717, 1.165) is 37.2 Å². The average molecular weight is 361 g/mol. The molecule has 1 aromatic heterocycles. The molecule has 0 N–H and O–H groups in total. The van der Waals surface area contributed by atoms with E-state index in [9.17, 15) is 4.79 Å². The van der Waals surface area contributed by atoms with Gasteiger partial charge in [-0.2, -0.15) is 0 Å². The molecule has 134 valence electrons. The number of likely N-dealkylation sites (tertiary alicyclic amines) is 1. The van der Waals surface area contributed by atoms with Gasteiger partial charge in [0.2, 0.25) is 11.8 Å². The van der Waals surface area contributed by atoms with Crippen molar-refractivity contribution in [2.75, 3.05) is 26.0 Å². The van der Waals surface area contributed by atoms with E-state index in [0.29, 0.717) is 29.2 Å². The van der Waals surface area contributed by atoms with Gasteiger partial charge in [0.1, 0.15) is 5.75 Å². The molecule has 0 bridgehead atoms. The normalized spacial score (nSPS) is 15.4. The Bertz CT molecular complexity index is 694. The van der Waals surface area contributed by atoms with E-state index in [1.807, 2.05) is 29.2 Å². The Kier molecular flexibility index (Phi) is 5.96. The highest BCUT2D eigenvalue weighted by Crippen LogP contribution is 2.21. The SMILES string of the molecule is COc1ccc(Cc2nnc(SCC(=O)N3CCC(C)CC3)o2)cc1. The summed E-state index contributed by atoms with van der Waals surface area (Å²) < 4.78 is 10.8. The van der Waals surface area contributed by atoms with Crippen LogP contribution in [0.25, 0.3) is 0 Å². The summed E-state index contributed by atoms with van der Waals surface area (Å²) in [6.07, 6.45) is 2.74. The maximum Gasteiger partial charge on any atom is 0.277 e. The summed E-state index contributed by atoms with van der Waals surface area (Å²) in [6.45, 7) is 3.94. The van der Waals surface area contributed by atoms with Gasteiger partial charge in [-0.15, -0.1) is 10.2 Å². The number of carbonyl (C=O) groups is 1. The van der Waals surface area contributed by atoms with Crippen LogP contribution in [0.2, 0.25) is 0 Å². The van der Waals surface area contributed by atoms with E-state index in [-0.39, 0.29) is 5.91 Å². The zero-order valence-corrected chi connectivity index (χ0v) is 15.4. The predicted molar refractivity (Wildman–Crippen MR) is 95.8 cm³/mol. The number of carbonyl (C=O) groups excluding carboxylic acids is 1. The van der Waals surface area contributed by atoms with Gasteiger partial charge in [-0.05, 0) is 36.5 Å². The van der Waals surface area contributed by atoms with Crippen LogP contribution >= 0.6 is 11.8 Å². The average Bonchev–Trinajstić information content (AvgIpc) is 3.08. The second-order valence-electron chi connectivity index (χ2n) is 6.34. The van der Waals surface area contributed by atoms with Gasteiger partial charge in [0, 0.05) is 13.1 Å². The van der Waals surface area contributed by atoms with E-state index in [4.69, 9.17) is 9.15 Å². The van der Waals surface area contributed by atoms with Crippen LogP contribution in [0.3, 0.4) is 0 Å². The number of rotatable bonds is 6. The molecule has 2 heterocycles. The second-order valence-corrected chi connectivity index (χ2v) is 7.27. The standard InChI is InChI=1S/C18H23N3O3S/c1-13-7-9-21(10-8-13)17(22)12-25-18-20-19-16(24-18)11-14-3-5-15(23-2)6-4-14/h3-6,13H,7-12H2,1-2H3. The number of hydrogen-bond donors (Lipinski definition) is 0. The smallest absolute Gasteiger partial charge is 0.277 e. The highest BCUT2D eigenvalue weighted by Gasteiger charge is 2.21. The van der Waals surface area contributed by atoms with Gasteiger partial charge in [-0.3, -0.25) is 4.79 Å². The Morgan fingerprint density at radius 2 is 2.00 bits per heavy atom. The topological polar surface area (TPSA) is 68.5 Å². The molecule has 0 atom stereocenters. The number of piperidine rings is 1. The fraction of sp³-hybridized carbons (Fsp3) is 0.500. The first-order chi connectivity index (χ1) is 12.1. The number of thioether (sulfide) groups is 1. The Hall–Kier alpha value is -2.02. The van der Waals surface area contributed by atoms with E-state index < -0.39 is 0 Å². The number of amides is 1. The third-order valence-corrected chi connectivity index (χ3v) is 5.22. The maximum atomic E-state index is 12.2. The Balaban J connectivity index is 1.48. The second kappa shape index (κ2) is 8.38. The molecule has 0 unspecified atom stereocenters. The Morgan fingerprint density at radius 3 is 2.68 bits per heavy atom. The lowest BCUT2D eigenvalue weighted by molar-refractivity contribution is -0.129. The summed E-state index contributed by atoms with van der Waals surface area (Å²) in [5.41, 5.74) is 1.07. The monoisotopic (exact) mass is 361 g/mol. The number of aromatic nitrogens is 2. The van der Waals surface area contributed by atoms with Crippen molar-refractivity contribution in [2.45, 2.75) is 31.4 Å². The molecule has 0 spiro atoms. The maximum absolute atomic E-state index is 12.2. The Morgan fingerprint density at radius 1 is 1.28 bits per heavy atom. The van der Waals surface area contributed by atoms with Crippen LogP contribution in [0, 0.1) is 5.92 Å². The quantitative estimate of drug-likeness (QED) is 0.737. The molecule has 6 nitrogen and oxygen atoms in total. The fourth-order valence-corrected chi connectivity index (χ4v) is 3.44. The third-order valence-electron chi connectivity index (χ3n) is 4.42. The van der Waals surface area contributed by atoms with Crippen LogP contribution < -0.4 is 4.74 Å². The number of ether oxygens (including phenoxy) is 1. The molecule has 2 aromatic rings. The van der Waals surface area contributed by atoms with Gasteiger partial charge < -0.3 is 14.1 Å². The van der Waals surface area contributed by atoms with Crippen molar-refractivity contribution in [2.24, 2.45) is 5.92 Å². The summed E-state index contributed by atoms with van der Waals surface area (Å²) in [5.74, 6) is 2.57. The summed E-state index contributed by atoms with van der Waals surface area (Å²) in [6, 6.07) is 7.74. The van der Waals surface area contributed by atoms with E-state index in [2.05, 4.69) is 17.1 Å². The van der Waals surface area contributed by atoms with Crippen molar-refractivity contribution < 1.29 is 13.9 Å². The molecule has 0 saturated carbocycles. The molecule has 1 aliphatic heterocycles. The van der Waals surface area contributed by atoms with E-state index in [1.165, 1.54) is 11.8 Å². The highest BCUT2D eigenvalue weighted by molar-refractivity contribution is 7.99.